The lowest BCUT2D eigenvalue weighted by atomic mass is 10.1. The Balaban J connectivity index is 0.00000180. The van der Waals surface area contributed by atoms with Crippen molar-refractivity contribution in [3.63, 3.8) is 0 Å². The molecule has 4 nitrogen and oxygen atoms in total. The quantitative estimate of drug-likeness (QED) is 0.862. The molecule has 0 aliphatic carbocycles. The summed E-state index contributed by atoms with van der Waals surface area (Å²) < 4.78 is 6.49. The van der Waals surface area contributed by atoms with Crippen LogP contribution in [0, 0.1) is 13.8 Å². The molecule has 1 atom stereocenters. The van der Waals surface area contributed by atoms with Crippen LogP contribution in [0.3, 0.4) is 0 Å². The molecule has 1 aromatic rings. The van der Waals surface area contributed by atoms with E-state index in [1.54, 1.807) is 0 Å². The third kappa shape index (κ3) is 4.18. The van der Waals surface area contributed by atoms with Gasteiger partial charge < -0.3 is 15.4 Å². The largest absolute Gasteiger partial charge is 0.366 e. The molecule has 19 heavy (non-hydrogen) atoms. The van der Waals surface area contributed by atoms with Gasteiger partial charge in [0.2, 0.25) is 0 Å². The minimum Gasteiger partial charge on any atom is -0.366 e. The van der Waals surface area contributed by atoms with E-state index < -0.39 is 6.10 Å². The predicted octanol–water partition coefficient (Wildman–Crippen LogP) is 2.41. The van der Waals surface area contributed by atoms with Crippen molar-refractivity contribution < 1.29 is 9.53 Å². The Morgan fingerprint density at radius 1 is 1.42 bits per heavy atom. The van der Waals surface area contributed by atoms with Gasteiger partial charge in [-0.25, -0.2) is 0 Å². The summed E-state index contributed by atoms with van der Waals surface area (Å²) in [4.78, 5) is 12.0. The topological polar surface area (TPSA) is 50.4 Å². The highest BCUT2D eigenvalue weighted by Gasteiger charge is 2.21. The van der Waals surface area contributed by atoms with Gasteiger partial charge in [0, 0.05) is 23.2 Å². The number of aryl methyl sites for hydroxylation is 2. The number of hydrogen-bond acceptors (Lipinski definition) is 3. The van der Waals surface area contributed by atoms with Crippen LogP contribution in [-0.2, 0) is 9.53 Å². The number of halogens is 2. The first-order valence-corrected chi connectivity index (χ1v) is 6.77. The van der Waals surface area contributed by atoms with Gasteiger partial charge in [0.1, 0.15) is 6.10 Å². The smallest absolute Gasteiger partial charge is 0.254 e. The summed E-state index contributed by atoms with van der Waals surface area (Å²) in [5.41, 5.74) is 3.02. The van der Waals surface area contributed by atoms with E-state index in [1.807, 2.05) is 26.0 Å². The fourth-order valence-corrected chi connectivity index (χ4v) is 2.20. The van der Waals surface area contributed by atoms with Gasteiger partial charge in [0.05, 0.1) is 6.61 Å². The summed E-state index contributed by atoms with van der Waals surface area (Å²) in [7, 11) is 0. The Hall–Kier alpha value is -0.620. The molecule has 0 aromatic heterocycles. The van der Waals surface area contributed by atoms with Crippen molar-refractivity contribution in [3.8, 4) is 0 Å². The van der Waals surface area contributed by atoms with Crippen molar-refractivity contribution in [3.05, 3.63) is 27.7 Å². The zero-order valence-electron chi connectivity index (χ0n) is 11.0. The van der Waals surface area contributed by atoms with E-state index in [0.29, 0.717) is 13.2 Å². The van der Waals surface area contributed by atoms with Gasteiger partial charge in [-0.2, -0.15) is 0 Å². The van der Waals surface area contributed by atoms with Crippen LogP contribution in [0.2, 0.25) is 0 Å². The zero-order chi connectivity index (χ0) is 13.1. The minimum atomic E-state index is -0.400. The maximum atomic E-state index is 12.0. The van der Waals surface area contributed by atoms with Crippen molar-refractivity contribution in [2.45, 2.75) is 20.0 Å². The molecular weight excluding hydrogens is 332 g/mol. The van der Waals surface area contributed by atoms with Crippen LogP contribution >= 0.6 is 28.3 Å². The number of morpholine rings is 1. The molecule has 106 valence electrons. The number of anilines is 1. The molecule has 1 saturated heterocycles. The van der Waals surface area contributed by atoms with Crippen LogP contribution in [0.1, 0.15) is 11.1 Å². The number of rotatable bonds is 2. The van der Waals surface area contributed by atoms with E-state index >= 15 is 0 Å². The summed E-state index contributed by atoms with van der Waals surface area (Å²) in [6, 6.07) is 3.90. The summed E-state index contributed by atoms with van der Waals surface area (Å²) in [6.45, 7) is 5.97. The standard InChI is InChI=1S/C13H17BrN2O2.ClH/c1-8-5-10(6-9(2)12(8)14)16-13(17)11-7-15-3-4-18-11;/h5-6,11,15H,3-4,7H2,1-2H3,(H,16,17);1H. The van der Waals surface area contributed by atoms with E-state index in [1.165, 1.54) is 0 Å². The number of hydrogen-bond donors (Lipinski definition) is 2. The van der Waals surface area contributed by atoms with Crippen LogP contribution in [-0.4, -0.2) is 31.7 Å². The average molecular weight is 350 g/mol. The van der Waals surface area contributed by atoms with E-state index in [2.05, 4.69) is 26.6 Å². The molecule has 1 aliphatic rings. The normalized spacial score (nSPS) is 18.6. The molecule has 2 rings (SSSR count). The number of ether oxygens (including phenoxy) is 1. The monoisotopic (exact) mass is 348 g/mol. The molecule has 0 radical (unpaired) electrons. The van der Waals surface area contributed by atoms with Gasteiger partial charge in [-0.3, -0.25) is 4.79 Å². The molecule has 0 bridgehead atoms. The van der Waals surface area contributed by atoms with Crippen LogP contribution in [0.15, 0.2) is 16.6 Å². The molecule has 2 N–H and O–H groups in total. The third-order valence-corrected chi connectivity index (χ3v) is 4.17. The van der Waals surface area contributed by atoms with Gasteiger partial charge in [-0.15, -0.1) is 12.4 Å². The van der Waals surface area contributed by atoms with E-state index in [9.17, 15) is 4.79 Å². The van der Waals surface area contributed by atoms with E-state index in [4.69, 9.17) is 4.74 Å². The Morgan fingerprint density at radius 2 is 2.05 bits per heavy atom. The first kappa shape index (κ1) is 16.4. The minimum absolute atomic E-state index is 0. The highest BCUT2D eigenvalue weighted by Crippen LogP contribution is 2.25. The second kappa shape index (κ2) is 7.24. The maximum Gasteiger partial charge on any atom is 0.254 e. The van der Waals surface area contributed by atoms with E-state index in [0.717, 1.165) is 27.8 Å². The first-order chi connectivity index (χ1) is 8.58. The van der Waals surface area contributed by atoms with E-state index in [-0.39, 0.29) is 18.3 Å². The van der Waals surface area contributed by atoms with Gasteiger partial charge in [-0.05, 0) is 37.1 Å². The third-order valence-electron chi connectivity index (χ3n) is 2.92. The zero-order valence-corrected chi connectivity index (χ0v) is 13.4. The maximum absolute atomic E-state index is 12.0. The van der Waals surface area contributed by atoms with Crippen LogP contribution in [0.4, 0.5) is 5.69 Å². The number of nitrogens with one attached hydrogen (secondary N) is 2. The van der Waals surface area contributed by atoms with Crippen LogP contribution in [0.5, 0.6) is 0 Å². The fourth-order valence-electron chi connectivity index (χ4n) is 1.97. The molecule has 1 fully saturated rings. The number of amides is 1. The van der Waals surface area contributed by atoms with Gasteiger partial charge in [0.25, 0.3) is 5.91 Å². The van der Waals surface area contributed by atoms with Gasteiger partial charge >= 0.3 is 0 Å². The summed E-state index contributed by atoms with van der Waals surface area (Å²) in [5.74, 6) is -0.0941. The molecule has 1 heterocycles. The highest BCUT2D eigenvalue weighted by molar-refractivity contribution is 9.10. The molecular formula is C13H18BrClN2O2. The van der Waals surface area contributed by atoms with Gasteiger partial charge in [0.15, 0.2) is 0 Å². The lowest BCUT2D eigenvalue weighted by Crippen LogP contribution is -2.45. The highest BCUT2D eigenvalue weighted by atomic mass is 79.9. The van der Waals surface area contributed by atoms with Crippen molar-refractivity contribution >= 4 is 39.9 Å². The Labute approximate surface area is 127 Å². The second-order valence-corrected chi connectivity index (χ2v) is 5.27. The Morgan fingerprint density at radius 3 is 2.58 bits per heavy atom. The first-order valence-electron chi connectivity index (χ1n) is 5.98. The molecule has 1 amide bonds. The summed E-state index contributed by atoms with van der Waals surface area (Å²) in [6.07, 6.45) is -0.400. The van der Waals surface area contributed by atoms with Crippen molar-refractivity contribution in [1.82, 2.24) is 5.32 Å². The summed E-state index contributed by atoms with van der Waals surface area (Å²) in [5, 5.41) is 6.04. The Kier molecular flexibility index (Phi) is 6.26. The SMILES string of the molecule is Cc1cc(NC(=O)C2CNCCO2)cc(C)c1Br.Cl. The molecule has 6 heteroatoms. The molecule has 1 aromatic carbocycles. The predicted molar refractivity (Wildman–Crippen MR) is 82.1 cm³/mol. The summed E-state index contributed by atoms with van der Waals surface area (Å²) >= 11 is 3.51. The van der Waals surface area contributed by atoms with Crippen molar-refractivity contribution in [1.29, 1.82) is 0 Å². The van der Waals surface area contributed by atoms with Crippen molar-refractivity contribution in [2.75, 3.05) is 25.0 Å². The van der Waals surface area contributed by atoms with Crippen LogP contribution < -0.4 is 10.6 Å². The molecule has 0 saturated carbocycles. The number of carbonyl (C=O) groups is 1. The molecule has 0 spiro atoms. The fraction of sp³-hybridized carbons (Fsp3) is 0.462. The number of benzene rings is 1. The lowest BCUT2D eigenvalue weighted by Gasteiger charge is -2.23. The second-order valence-electron chi connectivity index (χ2n) is 4.48. The van der Waals surface area contributed by atoms with Crippen LogP contribution in [0.25, 0.3) is 0 Å². The van der Waals surface area contributed by atoms with Gasteiger partial charge in [-0.1, -0.05) is 15.9 Å². The Bertz CT molecular complexity index is 439. The average Bonchev–Trinajstić information content (AvgIpc) is 2.37. The number of carbonyl (C=O) groups excluding carboxylic acids is 1. The lowest BCUT2D eigenvalue weighted by molar-refractivity contribution is -0.128. The van der Waals surface area contributed by atoms with Crippen molar-refractivity contribution in [2.24, 2.45) is 0 Å². The molecule has 1 unspecified atom stereocenters. The molecule has 1 aliphatic heterocycles.